The minimum absolute atomic E-state index is 0.245. The van der Waals surface area contributed by atoms with E-state index < -0.39 is 10.7 Å². The molecule has 0 aliphatic heterocycles. The standard InChI is InChI=1S/C15H14BrFN2O2/c16-15-4-2-1-3-11(15)8-13(18)6-10-5-12(17)9-14(7-10)19(20)21/h1-5,7,9,13H,6,8,18H2. The van der Waals surface area contributed by atoms with Gasteiger partial charge in [0.25, 0.3) is 5.69 Å². The summed E-state index contributed by atoms with van der Waals surface area (Å²) in [6, 6.07) is 11.0. The maximum Gasteiger partial charge on any atom is 0.272 e. The zero-order chi connectivity index (χ0) is 15.4. The van der Waals surface area contributed by atoms with Crippen LogP contribution < -0.4 is 5.73 Å². The van der Waals surface area contributed by atoms with Gasteiger partial charge in [0.1, 0.15) is 5.82 Å². The fraction of sp³-hybridized carbons (Fsp3) is 0.200. The summed E-state index contributed by atoms with van der Waals surface area (Å²) in [5.41, 5.74) is 7.40. The summed E-state index contributed by atoms with van der Waals surface area (Å²) in [7, 11) is 0. The minimum atomic E-state index is -0.618. The number of nitrogens with two attached hydrogens (primary N) is 1. The molecular formula is C15H14BrFN2O2. The highest BCUT2D eigenvalue weighted by Gasteiger charge is 2.13. The van der Waals surface area contributed by atoms with Crippen LogP contribution in [0.1, 0.15) is 11.1 Å². The van der Waals surface area contributed by atoms with Crippen LogP contribution in [0, 0.1) is 15.9 Å². The van der Waals surface area contributed by atoms with Crippen molar-refractivity contribution in [3.8, 4) is 0 Å². The molecule has 0 aromatic heterocycles. The molecule has 0 saturated carbocycles. The van der Waals surface area contributed by atoms with Gasteiger partial charge in [-0.2, -0.15) is 0 Å². The average molecular weight is 353 g/mol. The number of halogens is 2. The van der Waals surface area contributed by atoms with Crippen molar-refractivity contribution in [2.45, 2.75) is 18.9 Å². The Kier molecular flexibility index (Phi) is 5.03. The molecule has 2 aromatic rings. The zero-order valence-electron chi connectivity index (χ0n) is 11.1. The Morgan fingerprint density at radius 3 is 2.62 bits per heavy atom. The van der Waals surface area contributed by atoms with Gasteiger partial charge >= 0.3 is 0 Å². The monoisotopic (exact) mass is 352 g/mol. The zero-order valence-corrected chi connectivity index (χ0v) is 12.7. The molecule has 0 bridgehead atoms. The Labute approximate surface area is 130 Å². The molecule has 2 N–H and O–H groups in total. The van der Waals surface area contributed by atoms with Crippen LogP contribution in [0.2, 0.25) is 0 Å². The number of benzene rings is 2. The van der Waals surface area contributed by atoms with Gasteiger partial charge in [0.2, 0.25) is 0 Å². The Hall–Kier alpha value is -1.79. The summed E-state index contributed by atoms with van der Waals surface area (Å²) in [4.78, 5) is 10.1. The molecule has 2 aromatic carbocycles. The first-order valence-corrected chi connectivity index (χ1v) is 7.18. The van der Waals surface area contributed by atoms with Crippen molar-refractivity contribution in [2.24, 2.45) is 5.73 Å². The quantitative estimate of drug-likeness (QED) is 0.660. The Morgan fingerprint density at radius 2 is 1.95 bits per heavy atom. The normalized spacial score (nSPS) is 12.1. The summed E-state index contributed by atoms with van der Waals surface area (Å²) < 4.78 is 14.3. The first-order valence-electron chi connectivity index (χ1n) is 6.38. The van der Waals surface area contributed by atoms with E-state index in [2.05, 4.69) is 15.9 Å². The Bertz CT molecular complexity index is 664. The Balaban J connectivity index is 2.11. The lowest BCUT2D eigenvalue weighted by molar-refractivity contribution is -0.385. The van der Waals surface area contributed by atoms with Crippen molar-refractivity contribution >= 4 is 21.6 Å². The highest BCUT2D eigenvalue weighted by molar-refractivity contribution is 9.10. The summed E-state index contributed by atoms with van der Waals surface area (Å²) >= 11 is 3.45. The first kappa shape index (κ1) is 15.6. The van der Waals surface area contributed by atoms with Gasteiger partial charge in [-0.3, -0.25) is 10.1 Å². The molecule has 1 atom stereocenters. The number of nitrogens with zero attached hydrogens (tertiary/aromatic N) is 1. The molecule has 1 unspecified atom stereocenters. The van der Waals surface area contributed by atoms with Gasteiger partial charge in [-0.1, -0.05) is 34.1 Å². The Morgan fingerprint density at radius 1 is 1.24 bits per heavy atom. The first-order chi connectivity index (χ1) is 9.95. The molecule has 0 radical (unpaired) electrons. The fourth-order valence-electron chi connectivity index (χ4n) is 2.18. The number of rotatable bonds is 5. The van der Waals surface area contributed by atoms with Crippen LogP contribution in [0.4, 0.5) is 10.1 Å². The lowest BCUT2D eigenvalue weighted by atomic mass is 9.99. The van der Waals surface area contributed by atoms with Crippen molar-refractivity contribution in [3.05, 3.63) is 74.0 Å². The predicted molar refractivity (Wildman–Crippen MR) is 82.6 cm³/mol. The molecule has 21 heavy (non-hydrogen) atoms. The maximum atomic E-state index is 13.4. The van der Waals surface area contributed by atoms with Gasteiger partial charge in [-0.05, 0) is 36.1 Å². The number of hydrogen-bond donors (Lipinski definition) is 1. The molecule has 2 rings (SSSR count). The van der Waals surface area contributed by atoms with E-state index >= 15 is 0 Å². The van der Waals surface area contributed by atoms with Crippen LogP contribution in [0.25, 0.3) is 0 Å². The van der Waals surface area contributed by atoms with E-state index in [0.29, 0.717) is 18.4 Å². The molecule has 0 saturated heterocycles. The van der Waals surface area contributed by atoms with Crippen molar-refractivity contribution < 1.29 is 9.31 Å². The lowest BCUT2D eigenvalue weighted by Gasteiger charge is -2.13. The summed E-state index contributed by atoms with van der Waals surface area (Å²) in [5.74, 6) is -0.618. The third kappa shape index (κ3) is 4.34. The van der Waals surface area contributed by atoms with Crippen molar-refractivity contribution in [2.75, 3.05) is 0 Å². The molecule has 0 amide bonds. The molecule has 0 heterocycles. The minimum Gasteiger partial charge on any atom is -0.327 e. The second-order valence-corrected chi connectivity index (χ2v) is 5.69. The van der Waals surface area contributed by atoms with Gasteiger partial charge in [-0.25, -0.2) is 4.39 Å². The second kappa shape index (κ2) is 6.78. The van der Waals surface area contributed by atoms with E-state index in [-0.39, 0.29) is 11.7 Å². The van der Waals surface area contributed by atoms with Crippen LogP contribution in [-0.4, -0.2) is 11.0 Å². The third-order valence-corrected chi connectivity index (χ3v) is 3.86. The summed E-state index contributed by atoms with van der Waals surface area (Å²) in [6.45, 7) is 0. The van der Waals surface area contributed by atoms with Gasteiger partial charge in [0.15, 0.2) is 0 Å². The molecular weight excluding hydrogens is 339 g/mol. The highest BCUT2D eigenvalue weighted by Crippen LogP contribution is 2.20. The SMILES string of the molecule is NC(Cc1cc(F)cc([N+](=O)[O-])c1)Cc1ccccc1Br. The summed E-state index contributed by atoms with van der Waals surface area (Å²) in [6.07, 6.45) is 0.978. The van der Waals surface area contributed by atoms with Gasteiger partial charge in [0.05, 0.1) is 11.0 Å². The molecule has 4 nitrogen and oxygen atoms in total. The van der Waals surface area contributed by atoms with Gasteiger partial charge < -0.3 is 5.73 Å². The predicted octanol–water partition coefficient (Wildman–Crippen LogP) is 3.61. The van der Waals surface area contributed by atoms with Crippen LogP contribution in [0.15, 0.2) is 46.9 Å². The van der Waals surface area contributed by atoms with Crippen LogP contribution in [0.3, 0.4) is 0 Å². The van der Waals surface area contributed by atoms with Crippen molar-refractivity contribution in [3.63, 3.8) is 0 Å². The molecule has 0 spiro atoms. The third-order valence-electron chi connectivity index (χ3n) is 3.09. The fourth-order valence-corrected chi connectivity index (χ4v) is 2.62. The van der Waals surface area contributed by atoms with E-state index in [1.54, 1.807) is 0 Å². The number of nitro benzene ring substituents is 1. The lowest BCUT2D eigenvalue weighted by Crippen LogP contribution is -2.25. The highest BCUT2D eigenvalue weighted by atomic mass is 79.9. The number of nitro groups is 1. The van der Waals surface area contributed by atoms with Crippen molar-refractivity contribution in [1.29, 1.82) is 0 Å². The molecule has 0 aliphatic carbocycles. The van der Waals surface area contributed by atoms with Gasteiger partial charge in [0, 0.05) is 16.6 Å². The number of non-ortho nitro benzene ring substituents is 1. The van der Waals surface area contributed by atoms with E-state index in [9.17, 15) is 14.5 Å². The van der Waals surface area contributed by atoms with Crippen LogP contribution >= 0.6 is 15.9 Å². The van der Waals surface area contributed by atoms with E-state index in [4.69, 9.17) is 5.73 Å². The van der Waals surface area contributed by atoms with Gasteiger partial charge in [-0.15, -0.1) is 0 Å². The molecule has 6 heteroatoms. The molecule has 0 fully saturated rings. The smallest absolute Gasteiger partial charge is 0.272 e. The van der Waals surface area contributed by atoms with Crippen LogP contribution in [0.5, 0.6) is 0 Å². The van der Waals surface area contributed by atoms with Crippen molar-refractivity contribution in [1.82, 2.24) is 0 Å². The topological polar surface area (TPSA) is 69.2 Å². The van der Waals surface area contributed by atoms with E-state index in [1.807, 2.05) is 24.3 Å². The van der Waals surface area contributed by atoms with Crippen LogP contribution in [-0.2, 0) is 12.8 Å². The average Bonchev–Trinajstić information content (AvgIpc) is 2.40. The largest absolute Gasteiger partial charge is 0.327 e. The summed E-state index contributed by atoms with van der Waals surface area (Å²) in [5, 5.41) is 10.7. The molecule has 110 valence electrons. The number of hydrogen-bond acceptors (Lipinski definition) is 3. The maximum absolute atomic E-state index is 13.4. The van der Waals surface area contributed by atoms with E-state index in [0.717, 1.165) is 16.1 Å². The van der Waals surface area contributed by atoms with E-state index in [1.165, 1.54) is 12.1 Å². The second-order valence-electron chi connectivity index (χ2n) is 4.83. The molecule has 0 aliphatic rings.